The lowest BCUT2D eigenvalue weighted by Crippen LogP contribution is -2.42. The molecule has 1 N–H and O–H groups in total. The first-order valence-electron chi connectivity index (χ1n) is 9.96. The van der Waals surface area contributed by atoms with Crippen LogP contribution in [0.3, 0.4) is 0 Å². The highest BCUT2D eigenvalue weighted by Crippen LogP contribution is 2.58. The lowest BCUT2D eigenvalue weighted by molar-refractivity contribution is -0.116. The summed E-state index contributed by atoms with van der Waals surface area (Å²) in [6.07, 6.45) is 0.335. The van der Waals surface area contributed by atoms with Gasteiger partial charge in [-0.25, -0.2) is 8.42 Å². The number of hydrogen-bond donors (Lipinski definition) is 1. The summed E-state index contributed by atoms with van der Waals surface area (Å²) in [6, 6.07) is 17.9. The van der Waals surface area contributed by atoms with Gasteiger partial charge in [-0.05, 0) is 42.8 Å². The van der Waals surface area contributed by atoms with Crippen molar-refractivity contribution >= 4 is 38.1 Å². The molecule has 1 heterocycles. The lowest BCUT2D eigenvalue weighted by atomic mass is 10.1. The van der Waals surface area contributed by atoms with Gasteiger partial charge in [0, 0.05) is 28.9 Å². The number of sulfonamides is 1. The first-order chi connectivity index (χ1) is 14.9. The van der Waals surface area contributed by atoms with Crippen LogP contribution in [-0.2, 0) is 14.8 Å². The molecule has 8 heteroatoms. The number of benzene rings is 3. The first kappa shape index (κ1) is 19.7. The van der Waals surface area contributed by atoms with Gasteiger partial charge >= 0.3 is 0 Å². The normalized spacial score (nSPS) is 23.3. The zero-order chi connectivity index (χ0) is 21.8. The molecule has 0 unspecified atom stereocenters. The third kappa shape index (κ3) is 2.78. The van der Waals surface area contributed by atoms with Gasteiger partial charge in [-0.1, -0.05) is 24.3 Å². The van der Waals surface area contributed by atoms with Crippen molar-refractivity contribution in [2.24, 2.45) is 5.92 Å². The Morgan fingerprint density at radius 3 is 2.39 bits per heavy atom. The van der Waals surface area contributed by atoms with Gasteiger partial charge < -0.3 is 14.8 Å². The van der Waals surface area contributed by atoms with Crippen molar-refractivity contribution in [1.29, 1.82) is 0 Å². The topological polar surface area (TPSA) is 84.9 Å². The van der Waals surface area contributed by atoms with Crippen LogP contribution >= 0.6 is 0 Å². The number of fused-ring (bicyclic) bond motifs is 2. The minimum Gasteiger partial charge on any atom is -0.497 e. The van der Waals surface area contributed by atoms with Crippen LogP contribution in [0.2, 0.25) is 0 Å². The maximum atomic E-state index is 13.4. The standard InChI is InChI=1S/C23H22N2O5S/c1-29-17-9-7-16(8-10-17)25-14-15-13-23(15,31(25,27)28)22(26)24-20-11-12-21(30-2)19-6-4-3-5-18(19)20/h3-12,15H,13-14H2,1-2H3,(H,24,26)/t15-,23+/m1/s1. The van der Waals surface area contributed by atoms with Crippen LogP contribution in [0.5, 0.6) is 11.5 Å². The number of rotatable bonds is 5. The summed E-state index contributed by atoms with van der Waals surface area (Å²) in [6.45, 7) is 0.297. The molecule has 3 aromatic rings. The van der Waals surface area contributed by atoms with Crippen LogP contribution in [0.25, 0.3) is 10.8 Å². The van der Waals surface area contributed by atoms with Crippen molar-refractivity contribution in [3.8, 4) is 11.5 Å². The van der Waals surface area contributed by atoms with E-state index in [4.69, 9.17) is 9.47 Å². The molecule has 0 bridgehead atoms. The molecule has 1 amide bonds. The molecule has 0 radical (unpaired) electrons. The fourth-order valence-corrected chi connectivity index (χ4v) is 6.87. The number of nitrogens with zero attached hydrogens (tertiary/aromatic N) is 1. The van der Waals surface area contributed by atoms with E-state index in [9.17, 15) is 13.2 Å². The Bertz CT molecular complexity index is 1290. The second-order valence-electron chi connectivity index (χ2n) is 7.84. The molecule has 2 fully saturated rings. The summed E-state index contributed by atoms with van der Waals surface area (Å²) >= 11 is 0. The molecule has 2 aliphatic rings. The lowest BCUT2D eigenvalue weighted by Gasteiger charge is -2.23. The Balaban J connectivity index is 1.46. The molecule has 1 saturated heterocycles. The number of ether oxygens (including phenoxy) is 2. The molecule has 31 heavy (non-hydrogen) atoms. The van der Waals surface area contributed by atoms with Crippen LogP contribution in [0, 0.1) is 5.92 Å². The van der Waals surface area contributed by atoms with E-state index in [1.807, 2.05) is 24.3 Å². The quantitative estimate of drug-likeness (QED) is 0.660. The largest absolute Gasteiger partial charge is 0.497 e. The molecule has 160 valence electrons. The van der Waals surface area contributed by atoms with Crippen molar-refractivity contribution < 1.29 is 22.7 Å². The molecule has 5 rings (SSSR count). The number of carbonyl (C=O) groups is 1. The Kier molecular flexibility index (Phi) is 4.37. The van der Waals surface area contributed by atoms with Gasteiger partial charge in [0.15, 0.2) is 4.75 Å². The third-order valence-electron chi connectivity index (χ3n) is 6.28. The average Bonchev–Trinajstić information content (AvgIpc) is 3.49. The first-order valence-corrected chi connectivity index (χ1v) is 11.4. The van der Waals surface area contributed by atoms with E-state index in [2.05, 4.69) is 5.32 Å². The molecule has 3 aromatic carbocycles. The van der Waals surface area contributed by atoms with Gasteiger partial charge in [0.05, 0.1) is 19.9 Å². The van der Waals surface area contributed by atoms with E-state index >= 15 is 0 Å². The predicted octanol–water partition coefficient (Wildman–Crippen LogP) is 3.40. The minimum absolute atomic E-state index is 0.232. The zero-order valence-corrected chi connectivity index (χ0v) is 18.0. The van der Waals surface area contributed by atoms with E-state index in [1.54, 1.807) is 50.6 Å². The van der Waals surface area contributed by atoms with E-state index in [0.717, 1.165) is 10.8 Å². The number of anilines is 2. The Morgan fingerprint density at radius 2 is 1.71 bits per heavy atom. The molecule has 1 aliphatic heterocycles. The molecular weight excluding hydrogens is 416 g/mol. The smallest absolute Gasteiger partial charge is 0.250 e. The van der Waals surface area contributed by atoms with Crippen LogP contribution in [0.1, 0.15) is 6.42 Å². The number of hydrogen-bond acceptors (Lipinski definition) is 5. The van der Waals surface area contributed by atoms with Gasteiger partial charge in [0.25, 0.3) is 0 Å². The van der Waals surface area contributed by atoms with E-state index in [0.29, 0.717) is 35.8 Å². The second-order valence-corrected chi connectivity index (χ2v) is 9.96. The molecular formula is C23H22N2O5S. The Hall–Kier alpha value is -3.26. The maximum absolute atomic E-state index is 13.4. The average molecular weight is 439 g/mol. The van der Waals surface area contributed by atoms with Crippen LogP contribution in [0.15, 0.2) is 60.7 Å². The van der Waals surface area contributed by atoms with Crippen molar-refractivity contribution in [3.63, 3.8) is 0 Å². The highest BCUT2D eigenvalue weighted by atomic mass is 32.2. The number of nitrogens with one attached hydrogen (secondary N) is 1. The predicted molar refractivity (Wildman–Crippen MR) is 119 cm³/mol. The fourth-order valence-electron chi connectivity index (χ4n) is 4.50. The van der Waals surface area contributed by atoms with Gasteiger partial charge in [-0.15, -0.1) is 0 Å². The monoisotopic (exact) mass is 438 g/mol. The molecule has 1 saturated carbocycles. The van der Waals surface area contributed by atoms with Gasteiger partial charge in [0.2, 0.25) is 15.9 Å². The Morgan fingerprint density at radius 1 is 1.00 bits per heavy atom. The summed E-state index contributed by atoms with van der Waals surface area (Å²) in [5.41, 5.74) is 1.11. The molecule has 1 aliphatic carbocycles. The highest BCUT2D eigenvalue weighted by Gasteiger charge is 2.75. The summed E-state index contributed by atoms with van der Waals surface area (Å²) in [7, 11) is -0.711. The van der Waals surface area contributed by atoms with E-state index < -0.39 is 20.7 Å². The summed E-state index contributed by atoms with van der Waals surface area (Å²) in [5.74, 6) is 0.618. The number of carbonyl (C=O) groups excluding carboxylic acids is 1. The SMILES string of the molecule is COc1ccc(N2C[C@H]3C[C@]3(C(=O)Nc3ccc(OC)c4ccccc34)S2(=O)=O)cc1. The molecule has 2 atom stereocenters. The van der Waals surface area contributed by atoms with Gasteiger partial charge in [-0.2, -0.15) is 0 Å². The Labute approximate surface area is 180 Å². The number of methoxy groups -OCH3 is 2. The fraction of sp³-hybridized carbons (Fsp3) is 0.261. The van der Waals surface area contributed by atoms with Crippen LogP contribution in [-0.4, -0.2) is 39.8 Å². The van der Waals surface area contributed by atoms with Crippen molar-refractivity contribution in [2.45, 2.75) is 11.2 Å². The number of amides is 1. The van der Waals surface area contributed by atoms with Crippen molar-refractivity contribution in [3.05, 3.63) is 60.7 Å². The summed E-state index contributed by atoms with van der Waals surface area (Å²) in [4.78, 5) is 13.3. The minimum atomic E-state index is -3.86. The molecule has 0 spiro atoms. The van der Waals surface area contributed by atoms with Crippen molar-refractivity contribution in [1.82, 2.24) is 0 Å². The molecule has 7 nitrogen and oxygen atoms in total. The van der Waals surface area contributed by atoms with Crippen molar-refractivity contribution in [2.75, 3.05) is 30.4 Å². The van der Waals surface area contributed by atoms with Gasteiger partial charge in [0.1, 0.15) is 11.5 Å². The third-order valence-corrected chi connectivity index (χ3v) is 8.83. The van der Waals surface area contributed by atoms with Crippen LogP contribution in [0.4, 0.5) is 11.4 Å². The van der Waals surface area contributed by atoms with E-state index in [-0.39, 0.29) is 5.92 Å². The summed E-state index contributed by atoms with van der Waals surface area (Å²) in [5, 5.41) is 4.53. The molecule has 0 aromatic heterocycles. The second kappa shape index (κ2) is 6.88. The van der Waals surface area contributed by atoms with Crippen LogP contribution < -0.4 is 19.1 Å². The van der Waals surface area contributed by atoms with Gasteiger partial charge in [-0.3, -0.25) is 9.10 Å². The highest BCUT2D eigenvalue weighted by molar-refractivity contribution is 7.95. The maximum Gasteiger partial charge on any atom is 0.250 e. The summed E-state index contributed by atoms with van der Waals surface area (Å²) < 4.78 is 37.3. The zero-order valence-electron chi connectivity index (χ0n) is 17.2. The van der Waals surface area contributed by atoms with E-state index in [1.165, 1.54) is 4.31 Å².